The van der Waals surface area contributed by atoms with Crippen molar-refractivity contribution < 1.29 is 9.53 Å². The molecule has 1 amide bonds. The minimum atomic E-state index is 0.0846. The van der Waals surface area contributed by atoms with Gasteiger partial charge in [-0.15, -0.1) is 0 Å². The molecule has 2 aliphatic rings. The highest BCUT2D eigenvalue weighted by Gasteiger charge is 2.42. The van der Waals surface area contributed by atoms with Crippen LogP contribution in [0.3, 0.4) is 0 Å². The summed E-state index contributed by atoms with van der Waals surface area (Å²) in [5, 5.41) is 3.12. The molecular weight excluding hydrogens is 252 g/mol. The molecule has 2 fully saturated rings. The molecule has 1 unspecified atom stereocenters. The van der Waals surface area contributed by atoms with Crippen molar-refractivity contribution in [1.29, 1.82) is 0 Å². The van der Waals surface area contributed by atoms with Gasteiger partial charge in [0.1, 0.15) is 0 Å². The average Bonchev–Trinajstić information content (AvgIpc) is 3.09. The van der Waals surface area contributed by atoms with Crippen molar-refractivity contribution in [1.82, 2.24) is 10.3 Å². The van der Waals surface area contributed by atoms with Gasteiger partial charge in [0, 0.05) is 18.8 Å². The SMILES string of the molecule is O=C(CCc1cccnc1)NC1COC2(CCCC2)C1. The van der Waals surface area contributed by atoms with E-state index in [2.05, 4.69) is 10.3 Å². The Morgan fingerprint density at radius 3 is 3.05 bits per heavy atom. The molecule has 4 heteroatoms. The lowest BCUT2D eigenvalue weighted by Crippen LogP contribution is -2.36. The average molecular weight is 274 g/mol. The topological polar surface area (TPSA) is 51.2 Å². The molecule has 1 aliphatic heterocycles. The maximum Gasteiger partial charge on any atom is 0.220 e. The Kier molecular flexibility index (Phi) is 4.01. The molecule has 4 nitrogen and oxygen atoms in total. The van der Waals surface area contributed by atoms with Crippen LogP contribution >= 0.6 is 0 Å². The van der Waals surface area contributed by atoms with Gasteiger partial charge in [0.05, 0.1) is 18.2 Å². The minimum Gasteiger partial charge on any atom is -0.373 e. The molecule has 1 aromatic rings. The van der Waals surface area contributed by atoms with Crippen LogP contribution in [0.25, 0.3) is 0 Å². The molecule has 108 valence electrons. The van der Waals surface area contributed by atoms with Crippen molar-refractivity contribution in [2.45, 2.75) is 56.6 Å². The molecule has 0 radical (unpaired) electrons. The Morgan fingerprint density at radius 2 is 2.30 bits per heavy atom. The molecule has 20 heavy (non-hydrogen) atoms. The predicted octanol–water partition coefficient (Wildman–Crippen LogP) is 2.23. The maximum atomic E-state index is 12.0. The van der Waals surface area contributed by atoms with Crippen LogP contribution in [0.2, 0.25) is 0 Å². The molecule has 1 N–H and O–H groups in total. The van der Waals surface area contributed by atoms with Crippen molar-refractivity contribution in [2.24, 2.45) is 0 Å². The van der Waals surface area contributed by atoms with E-state index < -0.39 is 0 Å². The molecule has 1 aromatic heterocycles. The summed E-state index contributed by atoms with van der Waals surface area (Å²) in [5.41, 5.74) is 1.19. The number of carbonyl (C=O) groups is 1. The van der Waals surface area contributed by atoms with Crippen molar-refractivity contribution in [2.75, 3.05) is 6.61 Å². The van der Waals surface area contributed by atoms with Crippen molar-refractivity contribution in [3.63, 3.8) is 0 Å². The minimum absolute atomic E-state index is 0.0846. The van der Waals surface area contributed by atoms with Gasteiger partial charge in [0.25, 0.3) is 0 Å². The van der Waals surface area contributed by atoms with Crippen LogP contribution < -0.4 is 5.32 Å². The molecule has 1 saturated heterocycles. The van der Waals surface area contributed by atoms with Gasteiger partial charge >= 0.3 is 0 Å². The molecule has 1 spiro atoms. The first-order valence-corrected chi connectivity index (χ1v) is 7.58. The summed E-state index contributed by atoms with van der Waals surface area (Å²) >= 11 is 0. The third-order valence-electron chi connectivity index (χ3n) is 4.45. The first-order chi connectivity index (χ1) is 9.76. The number of rotatable bonds is 4. The summed E-state index contributed by atoms with van der Waals surface area (Å²) in [5.74, 6) is 0.123. The van der Waals surface area contributed by atoms with Crippen LogP contribution in [-0.2, 0) is 16.0 Å². The normalized spacial score (nSPS) is 24.1. The molecule has 1 aliphatic carbocycles. The second kappa shape index (κ2) is 5.92. The summed E-state index contributed by atoms with van der Waals surface area (Å²) in [6.45, 7) is 0.679. The number of aryl methyl sites for hydroxylation is 1. The van der Waals surface area contributed by atoms with E-state index in [-0.39, 0.29) is 17.6 Å². The van der Waals surface area contributed by atoms with Gasteiger partial charge < -0.3 is 10.1 Å². The molecule has 1 saturated carbocycles. The highest BCUT2D eigenvalue weighted by molar-refractivity contribution is 5.76. The number of carbonyl (C=O) groups excluding carboxylic acids is 1. The lowest BCUT2D eigenvalue weighted by atomic mass is 9.96. The Bertz CT molecular complexity index is 455. The third-order valence-corrected chi connectivity index (χ3v) is 4.45. The second-order valence-corrected chi connectivity index (χ2v) is 6.03. The quantitative estimate of drug-likeness (QED) is 0.916. The van der Waals surface area contributed by atoms with Gasteiger partial charge in [-0.1, -0.05) is 18.9 Å². The summed E-state index contributed by atoms with van der Waals surface area (Å²) in [7, 11) is 0. The second-order valence-electron chi connectivity index (χ2n) is 6.03. The number of hydrogen-bond donors (Lipinski definition) is 1. The van der Waals surface area contributed by atoms with Gasteiger partial charge in [-0.2, -0.15) is 0 Å². The summed E-state index contributed by atoms with van der Waals surface area (Å²) < 4.78 is 5.95. The Morgan fingerprint density at radius 1 is 1.45 bits per heavy atom. The standard InChI is InChI=1S/C16H22N2O2/c19-15(6-5-13-4-3-9-17-11-13)18-14-10-16(20-12-14)7-1-2-8-16/h3-4,9,11,14H,1-2,5-8,10,12H2,(H,18,19). The molecule has 1 atom stereocenters. The zero-order chi connectivity index (χ0) is 13.8. The monoisotopic (exact) mass is 274 g/mol. The van der Waals surface area contributed by atoms with Crippen molar-refractivity contribution >= 4 is 5.91 Å². The van der Waals surface area contributed by atoms with Crippen LogP contribution in [-0.4, -0.2) is 29.1 Å². The summed E-state index contributed by atoms with van der Waals surface area (Å²) in [6, 6.07) is 4.11. The van der Waals surface area contributed by atoms with E-state index in [1.165, 1.54) is 12.8 Å². The fraction of sp³-hybridized carbons (Fsp3) is 0.625. The van der Waals surface area contributed by atoms with Crippen LogP contribution in [0.5, 0.6) is 0 Å². The predicted molar refractivity (Wildman–Crippen MR) is 76.3 cm³/mol. The lowest BCUT2D eigenvalue weighted by molar-refractivity contribution is -0.121. The van der Waals surface area contributed by atoms with Gasteiger partial charge in [-0.25, -0.2) is 0 Å². The fourth-order valence-electron chi connectivity index (χ4n) is 3.41. The van der Waals surface area contributed by atoms with E-state index in [1.54, 1.807) is 6.20 Å². The molecule has 0 aromatic carbocycles. The van der Waals surface area contributed by atoms with E-state index >= 15 is 0 Å². The zero-order valence-corrected chi connectivity index (χ0v) is 11.8. The summed E-state index contributed by atoms with van der Waals surface area (Å²) in [6.07, 6.45) is 10.7. The number of amides is 1. The van der Waals surface area contributed by atoms with Crippen LogP contribution in [0.1, 0.15) is 44.1 Å². The molecule has 0 bridgehead atoms. The van der Waals surface area contributed by atoms with Crippen LogP contribution in [0, 0.1) is 0 Å². The zero-order valence-electron chi connectivity index (χ0n) is 11.8. The number of nitrogens with zero attached hydrogens (tertiary/aromatic N) is 1. The van der Waals surface area contributed by atoms with Gasteiger partial charge in [0.2, 0.25) is 5.91 Å². The molecule has 3 rings (SSSR count). The van der Waals surface area contributed by atoms with E-state index in [0.29, 0.717) is 13.0 Å². The van der Waals surface area contributed by atoms with E-state index in [4.69, 9.17) is 4.74 Å². The fourth-order valence-corrected chi connectivity index (χ4v) is 3.41. The largest absolute Gasteiger partial charge is 0.373 e. The number of nitrogens with one attached hydrogen (secondary N) is 1. The van der Waals surface area contributed by atoms with Gasteiger partial charge in [-0.3, -0.25) is 9.78 Å². The van der Waals surface area contributed by atoms with Crippen LogP contribution in [0.15, 0.2) is 24.5 Å². The highest BCUT2D eigenvalue weighted by atomic mass is 16.5. The number of aromatic nitrogens is 1. The molecular formula is C16H22N2O2. The first-order valence-electron chi connectivity index (χ1n) is 7.58. The molecule has 2 heterocycles. The number of ether oxygens (including phenoxy) is 1. The highest BCUT2D eigenvalue weighted by Crippen LogP contribution is 2.40. The number of pyridine rings is 1. The van der Waals surface area contributed by atoms with Crippen LogP contribution in [0.4, 0.5) is 0 Å². The first kappa shape index (κ1) is 13.6. The van der Waals surface area contributed by atoms with Gasteiger partial charge in [-0.05, 0) is 37.3 Å². The Hall–Kier alpha value is -1.42. The Labute approximate surface area is 119 Å². The van der Waals surface area contributed by atoms with Crippen molar-refractivity contribution in [3.8, 4) is 0 Å². The maximum absolute atomic E-state index is 12.0. The van der Waals surface area contributed by atoms with E-state index in [9.17, 15) is 4.79 Å². The number of hydrogen-bond acceptors (Lipinski definition) is 3. The van der Waals surface area contributed by atoms with E-state index in [1.807, 2.05) is 18.3 Å². The van der Waals surface area contributed by atoms with Crippen molar-refractivity contribution in [3.05, 3.63) is 30.1 Å². The summed E-state index contributed by atoms with van der Waals surface area (Å²) in [4.78, 5) is 16.1. The van der Waals surface area contributed by atoms with E-state index in [0.717, 1.165) is 31.2 Å². The van der Waals surface area contributed by atoms with Gasteiger partial charge in [0.15, 0.2) is 0 Å². The smallest absolute Gasteiger partial charge is 0.220 e. The lowest BCUT2D eigenvalue weighted by Gasteiger charge is -2.21. The third kappa shape index (κ3) is 3.18. The Balaban J connectivity index is 1.43.